The lowest BCUT2D eigenvalue weighted by molar-refractivity contribution is -0.123. The molecular formula is C24H20BrFN2O6. The molecule has 3 aromatic rings. The summed E-state index contributed by atoms with van der Waals surface area (Å²) in [6, 6.07) is 14.9. The lowest BCUT2D eigenvalue weighted by Gasteiger charge is -2.11. The largest absolute Gasteiger partial charge is 0.493 e. The van der Waals surface area contributed by atoms with Crippen LogP contribution in [0, 0.1) is 5.82 Å². The van der Waals surface area contributed by atoms with Gasteiger partial charge in [0, 0.05) is 10.0 Å². The van der Waals surface area contributed by atoms with Crippen molar-refractivity contribution >= 4 is 34.0 Å². The summed E-state index contributed by atoms with van der Waals surface area (Å²) in [5.41, 5.74) is 3.01. The van der Waals surface area contributed by atoms with Crippen molar-refractivity contribution in [2.45, 2.75) is 0 Å². The molecule has 3 rings (SSSR count). The van der Waals surface area contributed by atoms with Crippen LogP contribution < -0.4 is 24.4 Å². The summed E-state index contributed by atoms with van der Waals surface area (Å²) in [6.07, 6.45) is 1.33. The van der Waals surface area contributed by atoms with Gasteiger partial charge in [0.05, 0.1) is 26.0 Å². The van der Waals surface area contributed by atoms with Gasteiger partial charge in [-0.3, -0.25) is 4.79 Å². The predicted octanol–water partition coefficient (Wildman–Crippen LogP) is 4.35. The highest BCUT2D eigenvalue weighted by Gasteiger charge is 2.15. The zero-order valence-electron chi connectivity index (χ0n) is 18.2. The highest BCUT2D eigenvalue weighted by Crippen LogP contribution is 2.29. The van der Waals surface area contributed by atoms with Gasteiger partial charge in [0.1, 0.15) is 17.3 Å². The molecule has 1 N–H and O–H groups in total. The number of esters is 1. The van der Waals surface area contributed by atoms with E-state index in [9.17, 15) is 14.0 Å². The Morgan fingerprint density at radius 1 is 0.971 bits per heavy atom. The third-order valence-corrected chi connectivity index (χ3v) is 4.86. The predicted molar refractivity (Wildman–Crippen MR) is 126 cm³/mol. The highest BCUT2D eigenvalue weighted by molar-refractivity contribution is 9.10. The maximum Gasteiger partial charge on any atom is 0.343 e. The summed E-state index contributed by atoms with van der Waals surface area (Å²) >= 11 is 3.35. The van der Waals surface area contributed by atoms with Crippen LogP contribution in [0.3, 0.4) is 0 Å². The maximum absolute atomic E-state index is 12.9. The van der Waals surface area contributed by atoms with Crippen molar-refractivity contribution < 1.29 is 32.9 Å². The van der Waals surface area contributed by atoms with E-state index in [-0.39, 0.29) is 17.9 Å². The van der Waals surface area contributed by atoms with Gasteiger partial charge in [-0.2, -0.15) is 5.10 Å². The van der Waals surface area contributed by atoms with Gasteiger partial charge in [0.25, 0.3) is 5.91 Å². The van der Waals surface area contributed by atoms with Crippen molar-refractivity contribution in [1.29, 1.82) is 0 Å². The molecule has 0 atom stereocenters. The Hall–Kier alpha value is -3.92. The second kappa shape index (κ2) is 11.8. The van der Waals surface area contributed by atoms with Gasteiger partial charge in [0.2, 0.25) is 0 Å². The van der Waals surface area contributed by atoms with Crippen LogP contribution in [0.4, 0.5) is 4.39 Å². The number of nitrogens with zero attached hydrogens (tertiary/aromatic N) is 1. The highest BCUT2D eigenvalue weighted by atomic mass is 79.9. The number of hydrogen-bond acceptors (Lipinski definition) is 7. The van der Waals surface area contributed by atoms with E-state index < -0.39 is 17.7 Å². The van der Waals surface area contributed by atoms with Crippen LogP contribution in [-0.4, -0.2) is 38.9 Å². The van der Waals surface area contributed by atoms with E-state index in [0.717, 1.165) is 0 Å². The second-order valence-corrected chi connectivity index (χ2v) is 7.59. The van der Waals surface area contributed by atoms with Crippen molar-refractivity contribution in [3.63, 3.8) is 0 Å². The first kappa shape index (κ1) is 24.7. The number of methoxy groups -OCH3 is 2. The van der Waals surface area contributed by atoms with Gasteiger partial charge < -0.3 is 18.9 Å². The molecule has 0 aliphatic carbocycles. The SMILES string of the molecule is COc1ccc(C(=O)Oc2ccc(Br)cc2/C=N\NC(=O)COc2ccc(F)cc2)cc1OC. The molecule has 0 spiro atoms. The fourth-order valence-corrected chi connectivity index (χ4v) is 3.10. The van der Waals surface area contributed by atoms with Crippen LogP contribution in [-0.2, 0) is 4.79 Å². The molecule has 10 heteroatoms. The average Bonchev–Trinajstić information content (AvgIpc) is 2.84. The first-order chi connectivity index (χ1) is 16.4. The van der Waals surface area contributed by atoms with Crippen molar-refractivity contribution in [2.75, 3.05) is 20.8 Å². The standard InChI is InChI=1S/C24H20BrFN2O6/c1-31-21-9-3-15(12-22(21)32-2)24(30)34-20-10-4-17(25)11-16(20)13-27-28-23(29)14-33-19-7-5-18(26)6-8-19/h3-13H,14H2,1-2H3,(H,28,29)/b27-13-. The minimum Gasteiger partial charge on any atom is -0.493 e. The van der Waals surface area contributed by atoms with Crippen molar-refractivity contribution in [1.82, 2.24) is 5.43 Å². The molecule has 1 amide bonds. The molecule has 0 unspecified atom stereocenters. The molecular weight excluding hydrogens is 511 g/mol. The Bertz CT molecular complexity index is 1200. The van der Waals surface area contributed by atoms with Gasteiger partial charge in [-0.15, -0.1) is 0 Å². The smallest absolute Gasteiger partial charge is 0.343 e. The molecule has 176 valence electrons. The molecule has 34 heavy (non-hydrogen) atoms. The van der Waals surface area contributed by atoms with Crippen LogP contribution in [0.25, 0.3) is 0 Å². The maximum atomic E-state index is 12.9. The van der Waals surface area contributed by atoms with Crippen molar-refractivity contribution in [3.8, 4) is 23.0 Å². The fraction of sp³-hybridized carbons (Fsp3) is 0.125. The van der Waals surface area contributed by atoms with E-state index in [1.807, 2.05) is 0 Å². The number of benzene rings is 3. The van der Waals surface area contributed by atoms with E-state index in [0.29, 0.717) is 27.3 Å². The zero-order valence-corrected chi connectivity index (χ0v) is 19.8. The van der Waals surface area contributed by atoms with E-state index in [1.165, 1.54) is 50.8 Å². The first-order valence-electron chi connectivity index (χ1n) is 9.83. The van der Waals surface area contributed by atoms with Crippen LogP contribution in [0.15, 0.2) is 70.2 Å². The van der Waals surface area contributed by atoms with Crippen molar-refractivity contribution in [3.05, 3.63) is 82.1 Å². The third-order valence-electron chi connectivity index (χ3n) is 4.37. The van der Waals surface area contributed by atoms with E-state index in [4.69, 9.17) is 18.9 Å². The van der Waals surface area contributed by atoms with Crippen LogP contribution >= 0.6 is 15.9 Å². The summed E-state index contributed by atoms with van der Waals surface area (Å²) in [7, 11) is 2.96. The molecule has 0 heterocycles. The van der Waals surface area contributed by atoms with Gasteiger partial charge in [-0.1, -0.05) is 15.9 Å². The summed E-state index contributed by atoms with van der Waals surface area (Å²) in [6.45, 7) is -0.317. The number of carbonyl (C=O) groups excluding carboxylic acids is 2. The Kier molecular flexibility index (Phi) is 8.58. The number of rotatable bonds is 9. The molecule has 0 aliphatic heterocycles. The number of carbonyl (C=O) groups is 2. The molecule has 0 aromatic heterocycles. The second-order valence-electron chi connectivity index (χ2n) is 6.68. The summed E-state index contributed by atoms with van der Waals surface area (Å²) < 4.78 is 34.8. The lowest BCUT2D eigenvalue weighted by Crippen LogP contribution is -2.24. The topological polar surface area (TPSA) is 95.5 Å². The van der Waals surface area contributed by atoms with E-state index in [2.05, 4.69) is 26.5 Å². The minimum absolute atomic E-state index is 0.226. The Labute approximate surface area is 203 Å². The molecule has 0 fully saturated rings. The monoisotopic (exact) mass is 530 g/mol. The number of hydrazone groups is 1. The minimum atomic E-state index is -0.616. The summed E-state index contributed by atoms with van der Waals surface area (Å²) in [5.74, 6) is -0.109. The first-order valence-corrected chi connectivity index (χ1v) is 10.6. The fourth-order valence-electron chi connectivity index (χ4n) is 2.72. The van der Waals surface area contributed by atoms with Gasteiger partial charge in [0.15, 0.2) is 18.1 Å². The number of ether oxygens (including phenoxy) is 4. The number of hydrogen-bond donors (Lipinski definition) is 1. The number of halogens is 2. The zero-order chi connectivity index (χ0) is 24.5. The Morgan fingerprint density at radius 2 is 1.68 bits per heavy atom. The Morgan fingerprint density at radius 3 is 2.38 bits per heavy atom. The molecule has 0 aliphatic rings. The number of amides is 1. The van der Waals surface area contributed by atoms with Gasteiger partial charge in [-0.25, -0.2) is 14.6 Å². The van der Waals surface area contributed by atoms with Gasteiger partial charge in [-0.05, 0) is 60.7 Å². The number of nitrogens with one attached hydrogen (secondary N) is 1. The van der Waals surface area contributed by atoms with Crippen molar-refractivity contribution in [2.24, 2.45) is 5.10 Å². The molecule has 0 saturated carbocycles. The van der Waals surface area contributed by atoms with Gasteiger partial charge >= 0.3 is 5.97 Å². The van der Waals surface area contributed by atoms with Crippen LogP contribution in [0.2, 0.25) is 0 Å². The normalized spacial score (nSPS) is 10.6. The average molecular weight is 531 g/mol. The summed E-state index contributed by atoms with van der Waals surface area (Å²) in [5, 5.41) is 3.89. The lowest BCUT2D eigenvalue weighted by atomic mass is 10.2. The molecule has 3 aromatic carbocycles. The van der Waals surface area contributed by atoms with Crippen LogP contribution in [0.5, 0.6) is 23.0 Å². The van der Waals surface area contributed by atoms with E-state index >= 15 is 0 Å². The van der Waals surface area contributed by atoms with E-state index in [1.54, 1.807) is 30.3 Å². The van der Waals surface area contributed by atoms with Crippen LogP contribution in [0.1, 0.15) is 15.9 Å². The molecule has 8 nitrogen and oxygen atoms in total. The third kappa shape index (κ3) is 6.79. The Balaban J connectivity index is 1.65. The molecule has 0 radical (unpaired) electrons. The summed E-state index contributed by atoms with van der Waals surface area (Å²) in [4.78, 5) is 24.6. The molecule has 0 saturated heterocycles. The molecule has 0 bridgehead atoms. The quantitative estimate of drug-likeness (QED) is 0.191.